The fraction of sp³-hybridized carbons (Fsp3) is 0.400. The van der Waals surface area contributed by atoms with Gasteiger partial charge in [0.25, 0.3) is 0 Å². The Bertz CT molecular complexity index is 236. The van der Waals surface area contributed by atoms with Crippen LogP contribution in [0.15, 0.2) is 30.3 Å². The first kappa shape index (κ1) is 9.17. The molecule has 0 radical (unpaired) electrons. The Morgan fingerprint density at radius 1 is 1.17 bits per heavy atom. The summed E-state index contributed by atoms with van der Waals surface area (Å²) >= 11 is 0. The maximum absolute atomic E-state index is 13.3. The van der Waals surface area contributed by atoms with E-state index in [9.17, 15) is 8.78 Å². The SMILES string of the molecule is CC(C)(F)C(F)c1ccccc1. The van der Waals surface area contributed by atoms with E-state index in [1.54, 1.807) is 30.3 Å². The first-order valence-corrected chi connectivity index (χ1v) is 3.90. The first-order valence-electron chi connectivity index (χ1n) is 3.90. The van der Waals surface area contributed by atoms with Crippen molar-refractivity contribution in [2.24, 2.45) is 0 Å². The summed E-state index contributed by atoms with van der Waals surface area (Å²) in [4.78, 5) is 0. The molecule has 1 rings (SSSR count). The van der Waals surface area contributed by atoms with Gasteiger partial charge in [0, 0.05) is 0 Å². The fourth-order valence-corrected chi connectivity index (χ4v) is 1.02. The molecule has 0 saturated carbocycles. The lowest BCUT2D eigenvalue weighted by atomic mass is 9.98. The van der Waals surface area contributed by atoms with Crippen LogP contribution in [0.4, 0.5) is 8.78 Å². The standard InChI is InChI=1S/C10H12F2/c1-10(2,12)9(11)8-6-4-3-5-7-8/h3-7,9H,1-2H3. The summed E-state index contributed by atoms with van der Waals surface area (Å²) in [6.07, 6.45) is -1.54. The summed E-state index contributed by atoms with van der Waals surface area (Å²) in [7, 11) is 0. The van der Waals surface area contributed by atoms with Gasteiger partial charge in [-0.2, -0.15) is 0 Å². The molecule has 0 aliphatic carbocycles. The van der Waals surface area contributed by atoms with E-state index < -0.39 is 11.8 Å². The molecular formula is C10H12F2. The normalized spacial score (nSPS) is 14.3. The molecule has 12 heavy (non-hydrogen) atoms. The summed E-state index contributed by atoms with van der Waals surface area (Å²) in [5.41, 5.74) is -1.41. The zero-order valence-corrected chi connectivity index (χ0v) is 7.22. The molecule has 0 heterocycles. The smallest absolute Gasteiger partial charge is 0.158 e. The van der Waals surface area contributed by atoms with Crippen LogP contribution in [-0.4, -0.2) is 5.67 Å². The second-order valence-corrected chi connectivity index (χ2v) is 3.34. The van der Waals surface area contributed by atoms with E-state index in [-0.39, 0.29) is 0 Å². The van der Waals surface area contributed by atoms with Crippen LogP contribution in [0.25, 0.3) is 0 Å². The van der Waals surface area contributed by atoms with Gasteiger partial charge in [0.15, 0.2) is 6.17 Å². The van der Waals surface area contributed by atoms with Gasteiger partial charge < -0.3 is 0 Å². The predicted molar refractivity (Wildman–Crippen MR) is 45.5 cm³/mol. The number of alkyl halides is 2. The average Bonchev–Trinajstić information content (AvgIpc) is 2.03. The maximum Gasteiger partial charge on any atom is 0.158 e. The number of halogens is 2. The predicted octanol–water partition coefficient (Wildman–Crippen LogP) is 3.45. The third kappa shape index (κ3) is 2.03. The highest BCUT2D eigenvalue weighted by atomic mass is 19.2. The van der Waals surface area contributed by atoms with Crippen molar-refractivity contribution in [2.75, 3.05) is 0 Å². The van der Waals surface area contributed by atoms with Gasteiger partial charge in [-0.1, -0.05) is 30.3 Å². The Hall–Kier alpha value is -0.920. The second-order valence-electron chi connectivity index (χ2n) is 3.34. The molecule has 0 spiro atoms. The molecule has 0 fully saturated rings. The number of hydrogen-bond acceptors (Lipinski definition) is 0. The van der Waals surface area contributed by atoms with E-state index in [1.165, 1.54) is 13.8 Å². The second kappa shape index (κ2) is 3.21. The van der Waals surface area contributed by atoms with Crippen molar-refractivity contribution in [1.82, 2.24) is 0 Å². The number of hydrogen-bond donors (Lipinski definition) is 0. The van der Waals surface area contributed by atoms with E-state index in [0.717, 1.165) is 0 Å². The fourth-order valence-electron chi connectivity index (χ4n) is 1.02. The lowest BCUT2D eigenvalue weighted by Gasteiger charge is -2.19. The van der Waals surface area contributed by atoms with Crippen LogP contribution in [0.5, 0.6) is 0 Å². The first-order chi connectivity index (χ1) is 5.52. The monoisotopic (exact) mass is 170 g/mol. The molecule has 0 amide bonds. The molecule has 1 atom stereocenters. The molecule has 2 heteroatoms. The molecule has 0 nitrogen and oxygen atoms in total. The van der Waals surface area contributed by atoms with E-state index in [0.29, 0.717) is 5.56 Å². The van der Waals surface area contributed by atoms with Crippen molar-refractivity contribution in [3.8, 4) is 0 Å². The molecule has 0 saturated heterocycles. The Balaban J connectivity index is 2.86. The molecule has 0 aromatic heterocycles. The van der Waals surface area contributed by atoms with Crippen LogP contribution < -0.4 is 0 Å². The average molecular weight is 170 g/mol. The van der Waals surface area contributed by atoms with Gasteiger partial charge in [0.05, 0.1) is 0 Å². The summed E-state index contributed by atoms with van der Waals surface area (Å²) in [5, 5.41) is 0. The maximum atomic E-state index is 13.3. The van der Waals surface area contributed by atoms with Gasteiger partial charge in [0.1, 0.15) is 5.67 Å². The van der Waals surface area contributed by atoms with Crippen LogP contribution in [0.3, 0.4) is 0 Å². The summed E-state index contributed by atoms with van der Waals surface area (Å²) in [6.45, 7) is 2.48. The molecule has 66 valence electrons. The Kier molecular flexibility index (Phi) is 2.46. The minimum Gasteiger partial charge on any atom is -0.241 e. The Morgan fingerprint density at radius 2 is 1.67 bits per heavy atom. The number of benzene rings is 1. The third-order valence-electron chi connectivity index (χ3n) is 1.69. The summed E-state index contributed by atoms with van der Waals surface area (Å²) in [5.74, 6) is 0. The van der Waals surface area contributed by atoms with Crippen LogP contribution in [-0.2, 0) is 0 Å². The van der Waals surface area contributed by atoms with Crippen molar-refractivity contribution in [1.29, 1.82) is 0 Å². The highest BCUT2D eigenvalue weighted by Crippen LogP contribution is 2.31. The van der Waals surface area contributed by atoms with Crippen molar-refractivity contribution < 1.29 is 8.78 Å². The van der Waals surface area contributed by atoms with Crippen LogP contribution in [0.2, 0.25) is 0 Å². The van der Waals surface area contributed by atoms with Crippen molar-refractivity contribution in [2.45, 2.75) is 25.7 Å². The van der Waals surface area contributed by atoms with Gasteiger partial charge in [0.2, 0.25) is 0 Å². The summed E-state index contributed by atoms with van der Waals surface area (Å²) < 4.78 is 26.4. The largest absolute Gasteiger partial charge is 0.241 e. The Labute approximate surface area is 71.2 Å². The van der Waals surface area contributed by atoms with Gasteiger partial charge in [-0.05, 0) is 19.4 Å². The lowest BCUT2D eigenvalue weighted by molar-refractivity contribution is 0.0852. The molecule has 0 aliphatic rings. The van der Waals surface area contributed by atoms with Crippen LogP contribution >= 0.6 is 0 Å². The quantitative estimate of drug-likeness (QED) is 0.637. The van der Waals surface area contributed by atoms with Gasteiger partial charge >= 0.3 is 0 Å². The molecular weight excluding hydrogens is 158 g/mol. The van der Waals surface area contributed by atoms with Crippen molar-refractivity contribution in [3.05, 3.63) is 35.9 Å². The topological polar surface area (TPSA) is 0 Å². The molecule has 1 aromatic carbocycles. The summed E-state index contributed by atoms with van der Waals surface area (Å²) in [6, 6.07) is 8.36. The minimum atomic E-state index is -1.80. The minimum absolute atomic E-state index is 0.394. The van der Waals surface area contributed by atoms with Gasteiger partial charge in [-0.3, -0.25) is 0 Å². The van der Waals surface area contributed by atoms with E-state index >= 15 is 0 Å². The van der Waals surface area contributed by atoms with E-state index in [2.05, 4.69) is 0 Å². The Morgan fingerprint density at radius 3 is 2.08 bits per heavy atom. The molecule has 0 bridgehead atoms. The van der Waals surface area contributed by atoms with E-state index in [4.69, 9.17) is 0 Å². The van der Waals surface area contributed by atoms with Gasteiger partial charge in [-0.25, -0.2) is 8.78 Å². The lowest BCUT2D eigenvalue weighted by Crippen LogP contribution is -2.19. The number of rotatable bonds is 2. The zero-order chi connectivity index (χ0) is 9.19. The zero-order valence-electron chi connectivity index (χ0n) is 7.22. The molecule has 0 N–H and O–H groups in total. The van der Waals surface area contributed by atoms with Crippen molar-refractivity contribution >= 4 is 0 Å². The van der Waals surface area contributed by atoms with Crippen LogP contribution in [0, 0.1) is 0 Å². The molecule has 1 unspecified atom stereocenters. The van der Waals surface area contributed by atoms with Crippen LogP contribution in [0.1, 0.15) is 25.6 Å². The van der Waals surface area contributed by atoms with E-state index in [1.807, 2.05) is 0 Å². The highest BCUT2D eigenvalue weighted by Gasteiger charge is 2.29. The molecule has 0 aliphatic heterocycles. The molecule has 1 aromatic rings. The third-order valence-corrected chi connectivity index (χ3v) is 1.69. The van der Waals surface area contributed by atoms with Gasteiger partial charge in [-0.15, -0.1) is 0 Å². The van der Waals surface area contributed by atoms with Crippen molar-refractivity contribution in [3.63, 3.8) is 0 Å². The highest BCUT2D eigenvalue weighted by molar-refractivity contribution is 5.19.